The first-order valence-electron chi connectivity index (χ1n) is 9.45. The van der Waals surface area contributed by atoms with Crippen molar-refractivity contribution < 1.29 is 4.39 Å². The third-order valence-electron chi connectivity index (χ3n) is 4.32. The van der Waals surface area contributed by atoms with Gasteiger partial charge in [0.25, 0.3) is 0 Å². The lowest BCUT2D eigenvalue weighted by atomic mass is 10.2. The van der Waals surface area contributed by atoms with Gasteiger partial charge in [0.05, 0.1) is 0 Å². The maximum absolute atomic E-state index is 13.3. The Balaban J connectivity index is 1.51. The second-order valence-corrected chi connectivity index (χ2v) is 6.42. The Morgan fingerprint density at radius 1 is 1.18 bits per heavy atom. The summed E-state index contributed by atoms with van der Waals surface area (Å²) in [5.74, 6) is 1.31. The molecule has 7 nitrogen and oxygen atoms in total. The molecule has 3 rings (SSSR count). The van der Waals surface area contributed by atoms with Crippen molar-refractivity contribution in [2.75, 3.05) is 31.6 Å². The SMILES string of the molecule is CCNC(=NCc1nnc2ccccn12)NCCCN(C)c1cccc(F)c1. The molecule has 2 aromatic heterocycles. The van der Waals surface area contributed by atoms with Gasteiger partial charge in [-0.15, -0.1) is 10.2 Å². The van der Waals surface area contributed by atoms with Gasteiger partial charge >= 0.3 is 0 Å². The molecule has 1 aromatic carbocycles. The van der Waals surface area contributed by atoms with Crippen molar-refractivity contribution in [3.05, 3.63) is 60.3 Å². The molecule has 0 spiro atoms. The van der Waals surface area contributed by atoms with Crippen molar-refractivity contribution in [3.63, 3.8) is 0 Å². The van der Waals surface area contributed by atoms with Crippen molar-refractivity contribution >= 4 is 17.3 Å². The van der Waals surface area contributed by atoms with Gasteiger partial charge in [0.15, 0.2) is 17.4 Å². The molecule has 0 aliphatic rings. The number of halogens is 1. The highest BCUT2D eigenvalue weighted by Gasteiger charge is 2.05. The number of benzene rings is 1. The van der Waals surface area contributed by atoms with Gasteiger partial charge in [0, 0.05) is 38.6 Å². The predicted molar refractivity (Wildman–Crippen MR) is 110 cm³/mol. The summed E-state index contributed by atoms with van der Waals surface area (Å²) in [6.07, 6.45) is 2.83. The standard InChI is InChI=1S/C20H26FN7/c1-3-22-20(24-15-19-26-25-18-10-4-5-13-28(18)19)23-11-7-12-27(2)17-9-6-8-16(21)14-17/h4-6,8-10,13-14H,3,7,11-12,15H2,1-2H3,(H2,22,23,24). The largest absolute Gasteiger partial charge is 0.374 e. The van der Waals surface area contributed by atoms with Gasteiger partial charge in [0.1, 0.15) is 12.4 Å². The van der Waals surface area contributed by atoms with Gasteiger partial charge in [-0.1, -0.05) is 12.1 Å². The molecular weight excluding hydrogens is 357 g/mol. The number of hydrogen-bond acceptors (Lipinski definition) is 4. The zero-order chi connectivity index (χ0) is 19.8. The average molecular weight is 383 g/mol. The lowest BCUT2D eigenvalue weighted by molar-refractivity contribution is 0.626. The minimum Gasteiger partial charge on any atom is -0.374 e. The molecule has 0 aliphatic carbocycles. The van der Waals surface area contributed by atoms with Crippen LogP contribution in [0.2, 0.25) is 0 Å². The molecule has 0 bridgehead atoms. The van der Waals surface area contributed by atoms with Crippen LogP contribution in [0.5, 0.6) is 0 Å². The zero-order valence-corrected chi connectivity index (χ0v) is 16.3. The molecule has 0 saturated heterocycles. The minimum absolute atomic E-state index is 0.218. The van der Waals surface area contributed by atoms with Crippen molar-refractivity contribution in [1.82, 2.24) is 25.2 Å². The molecule has 2 N–H and O–H groups in total. The number of guanidine groups is 1. The van der Waals surface area contributed by atoms with Crippen LogP contribution in [0.15, 0.2) is 53.7 Å². The van der Waals surface area contributed by atoms with Crippen LogP contribution in [-0.4, -0.2) is 47.2 Å². The van der Waals surface area contributed by atoms with Crippen molar-refractivity contribution in [1.29, 1.82) is 0 Å². The molecule has 0 aliphatic heterocycles. The number of pyridine rings is 1. The van der Waals surface area contributed by atoms with E-state index >= 15 is 0 Å². The van der Waals surface area contributed by atoms with Gasteiger partial charge < -0.3 is 15.5 Å². The Bertz CT molecular complexity index is 922. The molecule has 8 heteroatoms. The van der Waals surface area contributed by atoms with Gasteiger partial charge in [0.2, 0.25) is 0 Å². The Morgan fingerprint density at radius 3 is 2.89 bits per heavy atom. The lowest BCUT2D eigenvalue weighted by Crippen LogP contribution is -2.38. The second-order valence-electron chi connectivity index (χ2n) is 6.42. The molecule has 2 heterocycles. The summed E-state index contributed by atoms with van der Waals surface area (Å²) < 4.78 is 15.3. The number of rotatable bonds is 8. The van der Waals surface area contributed by atoms with Gasteiger partial charge in [-0.3, -0.25) is 4.40 Å². The highest BCUT2D eigenvalue weighted by atomic mass is 19.1. The first-order chi connectivity index (χ1) is 13.7. The number of anilines is 1. The van der Waals surface area contributed by atoms with E-state index in [0.29, 0.717) is 6.54 Å². The first-order valence-corrected chi connectivity index (χ1v) is 9.45. The highest BCUT2D eigenvalue weighted by molar-refractivity contribution is 5.79. The van der Waals surface area contributed by atoms with Crippen LogP contribution in [-0.2, 0) is 6.54 Å². The number of aliphatic imine (C=N–C) groups is 1. The fourth-order valence-corrected chi connectivity index (χ4v) is 2.86. The summed E-state index contributed by atoms with van der Waals surface area (Å²) in [5.41, 5.74) is 1.69. The summed E-state index contributed by atoms with van der Waals surface area (Å²) in [4.78, 5) is 6.64. The fourth-order valence-electron chi connectivity index (χ4n) is 2.86. The zero-order valence-electron chi connectivity index (χ0n) is 16.3. The number of hydrogen-bond donors (Lipinski definition) is 2. The smallest absolute Gasteiger partial charge is 0.191 e. The third-order valence-corrected chi connectivity index (χ3v) is 4.32. The predicted octanol–water partition coefficient (Wildman–Crippen LogP) is 2.45. The van der Waals surface area contributed by atoms with Gasteiger partial charge in [-0.2, -0.15) is 0 Å². The van der Waals surface area contributed by atoms with E-state index in [0.717, 1.165) is 49.2 Å². The van der Waals surface area contributed by atoms with E-state index in [4.69, 9.17) is 0 Å². The molecule has 0 unspecified atom stereocenters. The Morgan fingerprint density at radius 2 is 2.07 bits per heavy atom. The van der Waals surface area contributed by atoms with E-state index in [1.165, 1.54) is 6.07 Å². The molecule has 148 valence electrons. The van der Waals surface area contributed by atoms with E-state index in [1.807, 2.05) is 53.7 Å². The maximum Gasteiger partial charge on any atom is 0.191 e. The van der Waals surface area contributed by atoms with Crippen molar-refractivity contribution in [3.8, 4) is 0 Å². The number of nitrogens with one attached hydrogen (secondary N) is 2. The van der Waals surface area contributed by atoms with E-state index < -0.39 is 0 Å². The maximum atomic E-state index is 13.3. The van der Waals surface area contributed by atoms with Crippen molar-refractivity contribution in [2.45, 2.75) is 19.9 Å². The van der Waals surface area contributed by atoms with Crippen molar-refractivity contribution in [2.24, 2.45) is 4.99 Å². The molecule has 0 atom stereocenters. The number of aromatic nitrogens is 3. The minimum atomic E-state index is -0.218. The van der Waals surface area contributed by atoms with Crippen LogP contribution in [0.1, 0.15) is 19.2 Å². The van der Waals surface area contributed by atoms with Crippen LogP contribution in [0.25, 0.3) is 5.65 Å². The van der Waals surface area contributed by atoms with Crippen LogP contribution >= 0.6 is 0 Å². The summed E-state index contributed by atoms with van der Waals surface area (Å²) in [5, 5.41) is 14.9. The number of nitrogens with zero attached hydrogens (tertiary/aromatic N) is 5. The average Bonchev–Trinajstić information content (AvgIpc) is 3.12. The Kier molecular flexibility index (Phi) is 6.78. The van der Waals surface area contributed by atoms with Crippen LogP contribution in [0.3, 0.4) is 0 Å². The Hall–Kier alpha value is -3.16. The molecule has 3 aromatic rings. The summed E-state index contributed by atoms with van der Waals surface area (Å²) in [7, 11) is 1.96. The second kappa shape index (κ2) is 9.68. The van der Waals surface area contributed by atoms with E-state index in [9.17, 15) is 4.39 Å². The third kappa shape index (κ3) is 5.18. The van der Waals surface area contributed by atoms with E-state index in [-0.39, 0.29) is 5.82 Å². The quantitative estimate of drug-likeness (QED) is 0.355. The lowest BCUT2D eigenvalue weighted by Gasteiger charge is -2.19. The van der Waals surface area contributed by atoms with Gasteiger partial charge in [-0.25, -0.2) is 9.38 Å². The van der Waals surface area contributed by atoms with Crippen LogP contribution in [0.4, 0.5) is 10.1 Å². The van der Waals surface area contributed by atoms with Gasteiger partial charge in [-0.05, 0) is 43.7 Å². The molecule has 0 amide bonds. The van der Waals surface area contributed by atoms with E-state index in [1.54, 1.807) is 12.1 Å². The normalized spacial score (nSPS) is 11.6. The summed E-state index contributed by atoms with van der Waals surface area (Å²) in [6, 6.07) is 12.4. The number of fused-ring (bicyclic) bond motifs is 1. The monoisotopic (exact) mass is 383 g/mol. The highest BCUT2D eigenvalue weighted by Crippen LogP contribution is 2.13. The first kappa shape index (κ1) is 19.6. The summed E-state index contributed by atoms with van der Waals surface area (Å²) >= 11 is 0. The van der Waals surface area contributed by atoms with E-state index in [2.05, 4.69) is 25.8 Å². The molecule has 0 saturated carbocycles. The van der Waals surface area contributed by atoms with Crippen LogP contribution in [0, 0.1) is 5.82 Å². The molecule has 0 radical (unpaired) electrons. The summed E-state index contributed by atoms with van der Waals surface area (Å²) in [6.45, 7) is 4.80. The van der Waals surface area contributed by atoms with Crippen LogP contribution < -0.4 is 15.5 Å². The molecule has 28 heavy (non-hydrogen) atoms. The Labute approximate surface area is 164 Å². The molecular formula is C20H26FN7. The topological polar surface area (TPSA) is 69.8 Å². The fraction of sp³-hybridized carbons (Fsp3) is 0.350. The molecule has 0 fully saturated rings.